The highest BCUT2D eigenvalue weighted by atomic mass is 32.1. The normalized spacial score (nSPS) is 10.3. The van der Waals surface area contributed by atoms with Crippen molar-refractivity contribution in [2.45, 2.75) is 6.92 Å². The molecule has 1 aromatic carbocycles. The molecule has 8 heteroatoms. The molecule has 0 atom stereocenters. The van der Waals surface area contributed by atoms with E-state index >= 15 is 0 Å². The molecule has 7 nitrogen and oxygen atoms in total. The quantitative estimate of drug-likeness (QED) is 0.640. The standard InChI is InChI=1S/C18H15N3O4S/c1-10-9-14(21-17(23)13-3-2-8-25-13)26-15(10)18(24)20-12-6-4-11(5-7-12)16(19)22/h2-9H,1H3,(H2,19,22)(H,20,24)(H,21,23). The molecule has 3 amide bonds. The number of amides is 3. The molecule has 0 aliphatic carbocycles. The summed E-state index contributed by atoms with van der Waals surface area (Å²) in [5, 5.41) is 5.99. The van der Waals surface area contributed by atoms with Gasteiger partial charge in [0, 0.05) is 11.3 Å². The maximum Gasteiger partial charge on any atom is 0.291 e. The number of aryl methyl sites for hydroxylation is 1. The van der Waals surface area contributed by atoms with Gasteiger partial charge in [0.2, 0.25) is 5.91 Å². The third kappa shape index (κ3) is 3.81. The van der Waals surface area contributed by atoms with Crippen LogP contribution in [-0.2, 0) is 0 Å². The van der Waals surface area contributed by atoms with Gasteiger partial charge in [-0.2, -0.15) is 0 Å². The second-order valence-corrected chi connectivity index (χ2v) is 6.50. The number of benzene rings is 1. The summed E-state index contributed by atoms with van der Waals surface area (Å²) in [7, 11) is 0. The third-order valence-electron chi connectivity index (χ3n) is 3.53. The molecular weight excluding hydrogens is 354 g/mol. The van der Waals surface area contributed by atoms with Crippen molar-refractivity contribution in [3.05, 3.63) is 70.5 Å². The number of furan rings is 1. The fraction of sp³-hybridized carbons (Fsp3) is 0.0556. The average molecular weight is 369 g/mol. The van der Waals surface area contributed by atoms with E-state index in [0.29, 0.717) is 21.1 Å². The number of carbonyl (C=O) groups excluding carboxylic acids is 3. The zero-order valence-electron chi connectivity index (χ0n) is 13.7. The third-order valence-corrected chi connectivity index (χ3v) is 4.68. The summed E-state index contributed by atoms with van der Waals surface area (Å²) in [6, 6.07) is 11.2. The number of anilines is 2. The number of rotatable bonds is 5. The van der Waals surface area contributed by atoms with Crippen LogP contribution in [0.3, 0.4) is 0 Å². The summed E-state index contributed by atoms with van der Waals surface area (Å²) in [5.41, 5.74) is 6.82. The van der Waals surface area contributed by atoms with Crippen LogP contribution in [0, 0.1) is 6.92 Å². The van der Waals surface area contributed by atoms with E-state index in [1.807, 2.05) is 0 Å². The summed E-state index contributed by atoms with van der Waals surface area (Å²) < 4.78 is 5.04. The fourth-order valence-corrected chi connectivity index (χ4v) is 3.22. The van der Waals surface area contributed by atoms with Crippen LogP contribution in [0.1, 0.15) is 36.1 Å². The summed E-state index contributed by atoms with van der Waals surface area (Å²) in [6.45, 7) is 1.78. The number of thiophene rings is 1. The first-order valence-electron chi connectivity index (χ1n) is 7.60. The number of carbonyl (C=O) groups is 3. The van der Waals surface area contributed by atoms with E-state index in [1.165, 1.54) is 18.4 Å². The molecule has 0 bridgehead atoms. The maximum absolute atomic E-state index is 12.5. The molecule has 3 aromatic rings. The van der Waals surface area contributed by atoms with Crippen molar-refractivity contribution in [1.29, 1.82) is 0 Å². The Hall–Kier alpha value is -3.39. The van der Waals surface area contributed by atoms with Gasteiger partial charge in [-0.3, -0.25) is 14.4 Å². The predicted molar refractivity (Wildman–Crippen MR) is 98.6 cm³/mol. The van der Waals surface area contributed by atoms with Crippen molar-refractivity contribution in [2.24, 2.45) is 5.73 Å². The molecule has 0 unspecified atom stereocenters. The van der Waals surface area contributed by atoms with Gasteiger partial charge in [-0.25, -0.2) is 0 Å². The lowest BCUT2D eigenvalue weighted by molar-refractivity contribution is 0.0990. The first-order chi connectivity index (χ1) is 12.4. The van der Waals surface area contributed by atoms with Gasteiger partial charge in [0.05, 0.1) is 16.1 Å². The summed E-state index contributed by atoms with van der Waals surface area (Å²) in [6.07, 6.45) is 1.41. The molecule has 0 spiro atoms. The Morgan fingerprint density at radius 1 is 1.04 bits per heavy atom. The van der Waals surface area contributed by atoms with Crippen LogP contribution in [0.4, 0.5) is 10.7 Å². The Kier molecular flexibility index (Phi) is 4.85. The number of nitrogens with two attached hydrogens (primary N) is 1. The van der Waals surface area contributed by atoms with Crippen molar-refractivity contribution in [2.75, 3.05) is 10.6 Å². The lowest BCUT2D eigenvalue weighted by atomic mass is 10.2. The number of primary amides is 1. The lowest BCUT2D eigenvalue weighted by Crippen LogP contribution is -2.13. The summed E-state index contributed by atoms with van der Waals surface area (Å²) in [5.74, 6) is -1.03. The largest absolute Gasteiger partial charge is 0.459 e. The molecule has 132 valence electrons. The van der Waals surface area contributed by atoms with Crippen LogP contribution >= 0.6 is 11.3 Å². The van der Waals surface area contributed by atoms with Crippen LogP contribution < -0.4 is 16.4 Å². The highest BCUT2D eigenvalue weighted by Gasteiger charge is 2.17. The molecule has 0 saturated heterocycles. The number of hydrogen-bond acceptors (Lipinski definition) is 5. The van der Waals surface area contributed by atoms with Crippen LogP contribution in [-0.4, -0.2) is 17.7 Å². The minimum absolute atomic E-state index is 0.191. The second-order valence-electron chi connectivity index (χ2n) is 5.45. The van der Waals surface area contributed by atoms with E-state index in [1.54, 1.807) is 37.3 Å². The Labute approximate surface area is 152 Å². The zero-order valence-corrected chi connectivity index (χ0v) is 14.6. The van der Waals surface area contributed by atoms with Crippen LogP contribution in [0.15, 0.2) is 53.1 Å². The van der Waals surface area contributed by atoms with Gasteiger partial charge in [-0.15, -0.1) is 11.3 Å². The van der Waals surface area contributed by atoms with Gasteiger partial charge in [-0.1, -0.05) is 0 Å². The van der Waals surface area contributed by atoms with Crippen molar-refractivity contribution in [3.63, 3.8) is 0 Å². The fourth-order valence-electron chi connectivity index (χ4n) is 2.26. The van der Waals surface area contributed by atoms with Crippen LogP contribution in [0.5, 0.6) is 0 Å². The molecule has 0 saturated carbocycles. The van der Waals surface area contributed by atoms with Gasteiger partial charge >= 0.3 is 0 Å². The van der Waals surface area contributed by atoms with E-state index in [9.17, 15) is 14.4 Å². The first kappa shape index (κ1) is 17.4. The molecule has 26 heavy (non-hydrogen) atoms. The van der Waals surface area contributed by atoms with Crippen molar-refractivity contribution >= 4 is 39.7 Å². The SMILES string of the molecule is Cc1cc(NC(=O)c2ccco2)sc1C(=O)Nc1ccc(C(N)=O)cc1. The Bertz CT molecular complexity index is 959. The predicted octanol–water partition coefficient (Wildman–Crippen LogP) is 3.25. The van der Waals surface area contributed by atoms with Crippen LogP contribution in [0.25, 0.3) is 0 Å². The summed E-state index contributed by atoms with van der Waals surface area (Å²) >= 11 is 1.16. The van der Waals surface area contributed by atoms with Gasteiger partial charge in [0.15, 0.2) is 5.76 Å². The monoisotopic (exact) mass is 369 g/mol. The Balaban J connectivity index is 1.70. The first-order valence-corrected chi connectivity index (χ1v) is 8.42. The highest BCUT2D eigenvalue weighted by molar-refractivity contribution is 7.18. The van der Waals surface area contributed by atoms with Gasteiger partial charge in [0.25, 0.3) is 11.8 Å². The van der Waals surface area contributed by atoms with Gasteiger partial charge in [0.1, 0.15) is 0 Å². The minimum atomic E-state index is -0.533. The molecule has 3 rings (SSSR count). The molecule has 2 aromatic heterocycles. The molecule has 0 aliphatic rings. The van der Waals surface area contributed by atoms with Gasteiger partial charge in [-0.05, 0) is 55.0 Å². The topological polar surface area (TPSA) is 114 Å². The van der Waals surface area contributed by atoms with Crippen molar-refractivity contribution < 1.29 is 18.8 Å². The number of nitrogens with one attached hydrogen (secondary N) is 2. The molecule has 0 radical (unpaired) electrons. The van der Waals surface area contributed by atoms with Crippen LogP contribution in [0.2, 0.25) is 0 Å². The average Bonchev–Trinajstić information content (AvgIpc) is 3.25. The molecule has 0 fully saturated rings. The Morgan fingerprint density at radius 3 is 2.38 bits per heavy atom. The zero-order chi connectivity index (χ0) is 18.7. The van der Waals surface area contributed by atoms with Crippen molar-refractivity contribution in [1.82, 2.24) is 0 Å². The molecule has 2 heterocycles. The Morgan fingerprint density at radius 2 is 1.77 bits per heavy atom. The number of hydrogen-bond donors (Lipinski definition) is 3. The van der Waals surface area contributed by atoms with Crippen molar-refractivity contribution in [3.8, 4) is 0 Å². The summed E-state index contributed by atoms with van der Waals surface area (Å²) in [4.78, 5) is 36.0. The second kappa shape index (κ2) is 7.24. The molecule has 4 N–H and O–H groups in total. The molecular formula is C18H15N3O4S. The van der Waals surface area contributed by atoms with E-state index in [4.69, 9.17) is 10.2 Å². The highest BCUT2D eigenvalue weighted by Crippen LogP contribution is 2.28. The maximum atomic E-state index is 12.5. The minimum Gasteiger partial charge on any atom is -0.459 e. The smallest absolute Gasteiger partial charge is 0.291 e. The van der Waals surface area contributed by atoms with E-state index < -0.39 is 5.91 Å². The van der Waals surface area contributed by atoms with E-state index in [0.717, 1.165) is 16.9 Å². The lowest BCUT2D eigenvalue weighted by Gasteiger charge is -2.05. The van der Waals surface area contributed by atoms with E-state index in [-0.39, 0.29) is 17.6 Å². The van der Waals surface area contributed by atoms with E-state index in [2.05, 4.69) is 10.6 Å². The molecule has 0 aliphatic heterocycles. The van der Waals surface area contributed by atoms with Gasteiger partial charge < -0.3 is 20.8 Å².